The van der Waals surface area contributed by atoms with Gasteiger partial charge in [0.25, 0.3) is 11.8 Å². The molecule has 35 heavy (non-hydrogen) atoms. The van der Waals surface area contributed by atoms with Gasteiger partial charge in [-0.05, 0) is 62.2 Å². The SMILES string of the molecule is CC1=CC[C@H]2C(=O)N(c3ccc(C(=O)Nc4cccc(C(=O)N5CCOCC5)c4)cc3)C(=O)[C@H]2C1. The molecule has 2 atom stereocenters. The van der Waals surface area contributed by atoms with E-state index in [1.807, 2.05) is 13.0 Å². The number of carbonyl (C=O) groups excluding carboxylic acids is 4. The lowest BCUT2D eigenvalue weighted by Gasteiger charge is -2.27. The molecule has 2 aliphatic heterocycles. The summed E-state index contributed by atoms with van der Waals surface area (Å²) in [7, 11) is 0. The molecule has 2 aromatic carbocycles. The summed E-state index contributed by atoms with van der Waals surface area (Å²) < 4.78 is 5.30. The van der Waals surface area contributed by atoms with E-state index in [9.17, 15) is 19.2 Å². The Morgan fingerprint density at radius 1 is 0.943 bits per heavy atom. The molecule has 2 aromatic rings. The summed E-state index contributed by atoms with van der Waals surface area (Å²) in [5.74, 6) is -1.40. The monoisotopic (exact) mass is 473 g/mol. The first-order valence-corrected chi connectivity index (χ1v) is 11.8. The Morgan fingerprint density at radius 3 is 2.40 bits per heavy atom. The summed E-state index contributed by atoms with van der Waals surface area (Å²) in [6.45, 7) is 4.11. The lowest BCUT2D eigenvalue weighted by atomic mass is 9.82. The zero-order chi connectivity index (χ0) is 24.5. The van der Waals surface area contributed by atoms with Crippen LogP contribution < -0.4 is 10.2 Å². The van der Waals surface area contributed by atoms with Crippen molar-refractivity contribution in [3.05, 3.63) is 71.3 Å². The molecule has 3 aliphatic rings. The highest BCUT2D eigenvalue weighted by Gasteiger charge is 2.48. The first-order valence-electron chi connectivity index (χ1n) is 11.8. The minimum atomic E-state index is -0.347. The largest absolute Gasteiger partial charge is 0.378 e. The highest BCUT2D eigenvalue weighted by molar-refractivity contribution is 6.22. The molecule has 0 saturated carbocycles. The number of ether oxygens (including phenoxy) is 1. The molecule has 1 aliphatic carbocycles. The van der Waals surface area contributed by atoms with E-state index in [1.165, 1.54) is 4.90 Å². The van der Waals surface area contributed by atoms with Crippen LogP contribution in [0.15, 0.2) is 60.2 Å². The van der Waals surface area contributed by atoms with Crippen LogP contribution in [0.25, 0.3) is 0 Å². The number of amides is 4. The molecule has 8 nitrogen and oxygen atoms in total. The molecular weight excluding hydrogens is 446 g/mol. The minimum Gasteiger partial charge on any atom is -0.378 e. The first-order chi connectivity index (χ1) is 16.9. The van der Waals surface area contributed by atoms with Gasteiger partial charge in [-0.1, -0.05) is 17.7 Å². The van der Waals surface area contributed by atoms with Crippen molar-refractivity contribution in [2.24, 2.45) is 11.8 Å². The quantitative estimate of drug-likeness (QED) is 0.543. The van der Waals surface area contributed by atoms with Gasteiger partial charge in [0.05, 0.1) is 30.7 Å². The van der Waals surface area contributed by atoms with Crippen molar-refractivity contribution < 1.29 is 23.9 Å². The van der Waals surface area contributed by atoms with Gasteiger partial charge in [0, 0.05) is 29.9 Å². The Bertz CT molecular complexity index is 1210. The first kappa shape index (κ1) is 23.0. The maximum absolute atomic E-state index is 12.9. The number of nitrogens with zero attached hydrogens (tertiary/aromatic N) is 2. The molecule has 0 unspecified atom stereocenters. The highest BCUT2D eigenvalue weighted by atomic mass is 16.5. The van der Waals surface area contributed by atoms with Gasteiger partial charge in [-0.3, -0.25) is 24.1 Å². The average Bonchev–Trinajstić information content (AvgIpc) is 3.13. The zero-order valence-corrected chi connectivity index (χ0v) is 19.5. The van der Waals surface area contributed by atoms with Crippen LogP contribution in [0.1, 0.15) is 40.5 Å². The molecule has 1 N–H and O–H groups in total. The van der Waals surface area contributed by atoms with E-state index >= 15 is 0 Å². The predicted octanol–water partition coefficient (Wildman–Crippen LogP) is 3.26. The van der Waals surface area contributed by atoms with E-state index in [1.54, 1.807) is 53.4 Å². The van der Waals surface area contributed by atoms with Gasteiger partial charge < -0.3 is 15.0 Å². The smallest absolute Gasteiger partial charge is 0.255 e. The fraction of sp³-hybridized carbons (Fsp3) is 0.333. The van der Waals surface area contributed by atoms with Gasteiger partial charge >= 0.3 is 0 Å². The number of morpholine rings is 1. The van der Waals surface area contributed by atoms with Crippen LogP contribution in [-0.2, 0) is 14.3 Å². The van der Waals surface area contributed by atoms with E-state index in [0.717, 1.165) is 5.57 Å². The predicted molar refractivity (Wildman–Crippen MR) is 130 cm³/mol. The van der Waals surface area contributed by atoms with Crippen molar-refractivity contribution in [1.82, 2.24) is 4.90 Å². The third kappa shape index (κ3) is 4.49. The van der Waals surface area contributed by atoms with E-state index < -0.39 is 0 Å². The lowest BCUT2D eigenvalue weighted by molar-refractivity contribution is -0.122. The van der Waals surface area contributed by atoms with Crippen LogP contribution in [0, 0.1) is 11.8 Å². The topological polar surface area (TPSA) is 96.0 Å². The Hall–Kier alpha value is -3.78. The van der Waals surface area contributed by atoms with Gasteiger partial charge in [0.1, 0.15) is 0 Å². The highest BCUT2D eigenvalue weighted by Crippen LogP contribution is 2.39. The van der Waals surface area contributed by atoms with Crippen molar-refractivity contribution in [3.63, 3.8) is 0 Å². The van der Waals surface area contributed by atoms with E-state index in [-0.39, 0.29) is 35.5 Å². The van der Waals surface area contributed by atoms with Crippen LogP contribution in [0.5, 0.6) is 0 Å². The summed E-state index contributed by atoms with van der Waals surface area (Å²) in [5.41, 5.74) is 3.00. The Balaban J connectivity index is 1.27. The van der Waals surface area contributed by atoms with Gasteiger partial charge in [-0.25, -0.2) is 0 Å². The minimum absolute atomic E-state index is 0.0975. The van der Waals surface area contributed by atoms with Crippen LogP contribution in [0.2, 0.25) is 0 Å². The van der Waals surface area contributed by atoms with Crippen molar-refractivity contribution in [1.29, 1.82) is 0 Å². The van der Waals surface area contributed by atoms with Gasteiger partial charge in [0.2, 0.25) is 11.8 Å². The molecule has 0 spiro atoms. The normalized spacial score (nSPS) is 22.0. The third-order valence-corrected chi connectivity index (χ3v) is 6.88. The fourth-order valence-electron chi connectivity index (χ4n) is 4.94. The fourth-order valence-corrected chi connectivity index (χ4v) is 4.94. The van der Waals surface area contributed by atoms with Gasteiger partial charge in [0.15, 0.2) is 0 Å². The molecule has 2 heterocycles. The van der Waals surface area contributed by atoms with Crippen LogP contribution in [0.4, 0.5) is 11.4 Å². The molecule has 180 valence electrons. The number of fused-ring (bicyclic) bond motifs is 1. The standard InChI is InChI=1S/C27H27N3O5/c1-17-5-10-22-23(15-17)27(34)30(26(22)33)21-8-6-18(7-9-21)24(31)28-20-4-2-3-19(16-20)25(32)29-11-13-35-14-12-29/h2-9,16,22-23H,10-15H2,1H3,(H,28,31)/t22-,23+/m1/s1. The van der Waals surface area contributed by atoms with E-state index in [4.69, 9.17) is 4.74 Å². The van der Waals surface area contributed by atoms with Crippen molar-refractivity contribution in [2.75, 3.05) is 36.5 Å². The second kappa shape index (κ2) is 9.46. The molecule has 0 bridgehead atoms. The van der Waals surface area contributed by atoms with E-state index in [2.05, 4.69) is 5.32 Å². The molecule has 8 heteroatoms. The average molecular weight is 474 g/mol. The van der Waals surface area contributed by atoms with Gasteiger partial charge in [-0.2, -0.15) is 0 Å². The van der Waals surface area contributed by atoms with Crippen molar-refractivity contribution in [3.8, 4) is 0 Å². The summed E-state index contributed by atoms with van der Waals surface area (Å²) >= 11 is 0. The zero-order valence-electron chi connectivity index (χ0n) is 19.5. The molecule has 5 rings (SSSR count). The molecular formula is C27H27N3O5. The number of allylic oxidation sites excluding steroid dienone is 2. The Kier molecular flexibility index (Phi) is 6.21. The summed E-state index contributed by atoms with van der Waals surface area (Å²) in [6, 6.07) is 13.3. The second-order valence-corrected chi connectivity index (χ2v) is 9.20. The van der Waals surface area contributed by atoms with Crippen LogP contribution in [-0.4, -0.2) is 54.8 Å². The molecule has 2 fully saturated rings. The number of hydrogen-bond donors (Lipinski definition) is 1. The van der Waals surface area contributed by atoms with E-state index in [0.29, 0.717) is 61.6 Å². The number of benzene rings is 2. The molecule has 4 amide bonds. The number of imide groups is 1. The second-order valence-electron chi connectivity index (χ2n) is 9.20. The van der Waals surface area contributed by atoms with Crippen LogP contribution in [0.3, 0.4) is 0 Å². The third-order valence-electron chi connectivity index (χ3n) is 6.88. The number of carbonyl (C=O) groups is 4. The number of nitrogens with one attached hydrogen (secondary N) is 1. The number of hydrogen-bond acceptors (Lipinski definition) is 5. The summed E-state index contributed by atoms with van der Waals surface area (Å²) in [4.78, 5) is 54.3. The maximum Gasteiger partial charge on any atom is 0.255 e. The molecule has 2 saturated heterocycles. The van der Waals surface area contributed by atoms with Crippen molar-refractivity contribution >= 4 is 35.0 Å². The summed E-state index contributed by atoms with van der Waals surface area (Å²) in [6.07, 6.45) is 3.23. The van der Waals surface area contributed by atoms with Gasteiger partial charge in [-0.15, -0.1) is 0 Å². The van der Waals surface area contributed by atoms with Crippen LogP contribution >= 0.6 is 0 Å². The lowest BCUT2D eigenvalue weighted by Crippen LogP contribution is -2.40. The Morgan fingerprint density at radius 2 is 1.66 bits per heavy atom. The van der Waals surface area contributed by atoms with Crippen molar-refractivity contribution in [2.45, 2.75) is 19.8 Å². The Labute approximate surface area is 203 Å². The molecule has 0 radical (unpaired) electrons. The number of anilines is 2. The molecule has 0 aromatic heterocycles. The maximum atomic E-state index is 12.9. The number of rotatable bonds is 4. The summed E-state index contributed by atoms with van der Waals surface area (Å²) in [5, 5.41) is 2.82.